The maximum absolute atomic E-state index is 12.1. The lowest BCUT2D eigenvalue weighted by atomic mass is 10.1. The smallest absolute Gasteiger partial charge is 0.255 e. The molecule has 106 valence electrons. The number of hydrogen-bond acceptors (Lipinski definition) is 4. The molecule has 0 saturated carbocycles. The zero-order valence-corrected chi connectivity index (χ0v) is 11.8. The summed E-state index contributed by atoms with van der Waals surface area (Å²) in [5.74, 6) is 0.843. The monoisotopic (exact) mass is 267 g/mol. The van der Waals surface area contributed by atoms with Gasteiger partial charge in [0, 0.05) is 6.54 Å². The number of methoxy groups -OCH3 is 2. The van der Waals surface area contributed by atoms with Gasteiger partial charge < -0.3 is 19.9 Å². The molecular formula is C14H21NO4. The summed E-state index contributed by atoms with van der Waals surface area (Å²) in [7, 11) is 3.04. The second kappa shape index (κ2) is 6.99. The van der Waals surface area contributed by atoms with Crippen molar-refractivity contribution in [2.75, 3.05) is 20.8 Å². The lowest BCUT2D eigenvalue weighted by Crippen LogP contribution is -2.34. The molecule has 0 radical (unpaired) electrons. The van der Waals surface area contributed by atoms with Crippen LogP contribution in [0, 0.1) is 5.92 Å². The Hall–Kier alpha value is -1.75. The molecule has 0 aromatic heterocycles. The van der Waals surface area contributed by atoms with Crippen molar-refractivity contribution < 1.29 is 19.4 Å². The van der Waals surface area contributed by atoms with Crippen LogP contribution in [-0.4, -0.2) is 37.9 Å². The fraction of sp³-hybridized carbons (Fsp3) is 0.500. The average molecular weight is 267 g/mol. The van der Waals surface area contributed by atoms with Crippen LogP contribution in [0.15, 0.2) is 18.2 Å². The molecule has 1 aromatic rings. The van der Waals surface area contributed by atoms with Gasteiger partial charge in [0.05, 0.1) is 25.9 Å². The highest BCUT2D eigenvalue weighted by Crippen LogP contribution is 2.23. The van der Waals surface area contributed by atoms with E-state index >= 15 is 0 Å². The van der Waals surface area contributed by atoms with Gasteiger partial charge in [0.15, 0.2) is 0 Å². The van der Waals surface area contributed by atoms with Crippen molar-refractivity contribution in [3.63, 3.8) is 0 Å². The molecule has 0 aliphatic heterocycles. The first-order chi connectivity index (χ1) is 8.99. The molecule has 19 heavy (non-hydrogen) atoms. The highest BCUT2D eigenvalue weighted by atomic mass is 16.5. The van der Waals surface area contributed by atoms with Gasteiger partial charge in [-0.15, -0.1) is 0 Å². The number of benzene rings is 1. The topological polar surface area (TPSA) is 67.8 Å². The molecule has 1 atom stereocenters. The second-order valence-corrected chi connectivity index (χ2v) is 4.59. The molecule has 0 fully saturated rings. The number of nitrogens with one attached hydrogen (secondary N) is 1. The van der Waals surface area contributed by atoms with Gasteiger partial charge in [-0.3, -0.25) is 4.79 Å². The summed E-state index contributed by atoms with van der Waals surface area (Å²) in [4.78, 5) is 12.1. The van der Waals surface area contributed by atoms with Gasteiger partial charge >= 0.3 is 0 Å². The lowest BCUT2D eigenvalue weighted by Gasteiger charge is -2.16. The SMILES string of the molecule is COc1ccc(OC)c(C(=O)NCC(O)C(C)C)c1. The Labute approximate surface area is 113 Å². The van der Waals surface area contributed by atoms with Crippen LogP contribution >= 0.6 is 0 Å². The first-order valence-electron chi connectivity index (χ1n) is 6.17. The maximum Gasteiger partial charge on any atom is 0.255 e. The quantitative estimate of drug-likeness (QED) is 0.818. The number of ether oxygens (including phenoxy) is 2. The maximum atomic E-state index is 12.1. The van der Waals surface area contributed by atoms with Crippen molar-refractivity contribution in [3.05, 3.63) is 23.8 Å². The van der Waals surface area contributed by atoms with E-state index in [2.05, 4.69) is 5.32 Å². The minimum atomic E-state index is -0.569. The Balaban J connectivity index is 2.80. The number of aliphatic hydroxyl groups is 1. The van der Waals surface area contributed by atoms with E-state index in [4.69, 9.17) is 9.47 Å². The minimum Gasteiger partial charge on any atom is -0.497 e. The molecule has 0 aliphatic rings. The van der Waals surface area contributed by atoms with Crippen molar-refractivity contribution in [2.24, 2.45) is 5.92 Å². The van der Waals surface area contributed by atoms with E-state index in [9.17, 15) is 9.90 Å². The average Bonchev–Trinajstić information content (AvgIpc) is 2.43. The van der Waals surface area contributed by atoms with Crippen molar-refractivity contribution in [1.29, 1.82) is 0 Å². The number of carbonyl (C=O) groups excluding carboxylic acids is 1. The van der Waals surface area contributed by atoms with Gasteiger partial charge in [-0.05, 0) is 24.1 Å². The molecule has 1 aromatic carbocycles. The van der Waals surface area contributed by atoms with Gasteiger partial charge in [-0.2, -0.15) is 0 Å². The summed E-state index contributed by atoms with van der Waals surface area (Å²) in [6.45, 7) is 3.99. The first-order valence-corrected chi connectivity index (χ1v) is 6.17. The number of hydrogen-bond donors (Lipinski definition) is 2. The van der Waals surface area contributed by atoms with Gasteiger partial charge in [0.25, 0.3) is 5.91 Å². The summed E-state index contributed by atoms with van der Waals surface area (Å²) in [6.07, 6.45) is -0.569. The lowest BCUT2D eigenvalue weighted by molar-refractivity contribution is 0.0868. The van der Waals surface area contributed by atoms with E-state index in [0.29, 0.717) is 17.1 Å². The third-order valence-corrected chi connectivity index (χ3v) is 2.89. The van der Waals surface area contributed by atoms with Crippen LogP contribution in [0.5, 0.6) is 11.5 Å². The molecule has 5 heteroatoms. The molecule has 0 aliphatic carbocycles. The Kier molecular flexibility index (Phi) is 5.63. The second-order valence-electron chi connectivity index (χ2n) is 4.59. The Morgan fingerprint density at radius 1 is 1.32 bits per heavy atom. The van der Waals surface area contributed by atoms with E-state index in [0.717, 1.165) is 0 Å². The Morgan fingerprint density at radius 3 is 2.53 bits per heavy atom. The van der Waals surface area contributed by atoms with Crippen LogP contribution in [0.4, 0.5) is 0 Å². The van der Waals surface area contributed by atoms with E-state index in [1.165, 1.54) is 14.2 Å². The van der Waals surface area contributed by atoms with E-state index in [1.807, 2.05) is 13.8 Å². The van der Waals surface area contributed by atoms with E-state index in [-0.39, 0.29) is 18.4 Å². The summed E-state index contributed by atoms with van der Waals surface area (Å²) in [6, 6.07) is 5.00. The number of carbonyl (C=O) groups is 1. The number of rotatable bonds is 6. The van der Waals surface area contributed by atoms with Crippen LogP contribution in [0.2, 0.25) is 0 Å². The third-order valence-electron chi connectivity index (χ3n) is 2.89. The zero-order chi connectivity index (χ0) is 14.4. The molecule has 0 bridgehead atoms. The van der Waals surface area contributed by atoms with E-state index < -0.39 is 6.10 Å². The standard InChI is InChI=1S/C14H21NO4/c1-9(2)12(16)8-15-14(17)11-7-10(18-3)5-6-13(11)19-4/h5-7,9,12,16H,8H2,1-4H3,(H,15,17). The van der Waals surface area contributed by atoms with Gasteiger partial charge in [-0.25, -0.2) is 0 Å². The summed E-state index contributed by atoms with van der Waals surface area (Å²) >= 11 is 0. The highest BCUT2D eigenvalue weighted by Gasteiger charge is 2.16. The molecule has 0 heterocycles. The molecular weight excluding hydrogens is 246 g/mol. The fourth-order valence-electron chi connectivity index (χ4n) is 1.52. The Bertz CT molecular complexity index is 431. The first kappa shape index (κ1) is 15.3. The minimum absolute atomic E-state index is 0.0903. The summed E-state index contributed by atoms with van der Waals surface area (Å²) < 4.78 is 10.2. The third kappa shape index (κ3) is 4.13. The Morgan fingerprint density at radius 2 is 2.00 bits per heavy atom. The normalized spacial score (nSPS) is 12.1. The van der Waals surface area contributed by atoms with Gasteiger partial charge in [0.1, 0.15) is 11.5 Å². The van der Waals surface area contributed by atoms with Gasteiger partial charge in [0.2, 0.25) is 0 Å². The van der Waals surface area contributed by atoms with E-state index in [1.54, 1.807) is 18.2 Å². The number of aliphatic hydroxyl groups excluding tert-OH is 1. The number of amides is 1. The molecule has 1 rings (SSSR count). The van der Waals surface area contributed by atoms with Gasteiger partial charge in [-0.1, -0.05) is 13.8 Å². The van der Waals surface area contributed by atoms with Crippen molar-refractivity contribution in [3.8, 4) is 11.5 Å². The largest absolute Gasteiger partial charge is 0.497 e. The molecule has 0 spiro atoms. The molecule has 2 N–H and O–H groups in total. The fourth-order valence-corrected chi connectivity index (χ4v) is 1.52. The predicted molar refractivity (Wildman–Crippen MR) is 72.7 cm³/mol. The van der Waals surface area contributed by atoms with Crippen LogP contribution in [0.25, 0.3) is 0 Å². The van der Waals surface area contributed by atoms with Crippen molar-refractivity contribution >= 4 is 5.91 Å². The zero-order valence-electron chi connectivity index (χ0n) is 11.8. The van der Waals surface area contributed by atoms with Crippen LogP contribution in [0.3, 0.4) is 0 Å². The molecule has 0 saturated heterocycles. The van der Waals surface area contributed by atoms with Crippen molar-refractivity contribution in [2.45, 2.75) is 20.0 Å². The molecule has 5 nitrogen and oxygen atoms in total. The van der Waals surface area contributed by atoms with Crippen LogP contribution in [0.1, 0.15) is 24.2 Å². The summed E-state index contributed by atoms with van der Waals surface area (Å²) in [5.41, 5.74) is 0.387. The highest BCUT2D eigenvalue weighted by molar-refractivity contribution is 5.97. The van der Waals surface area contributed by atoms with Crippen LogP contribution in [-0.2, 0) is 0 Å². The predicted octanol–water partition coefficient (Wildman–Crippen LogP) is 1.45. The summed E-state index contributed by atoms with van der Waals surface area (Å²) in [5, 5.41) is 12.4. The van der Waals surface area contributed by atoms with Crippen LogP contribution < -0.4 is 14.8 Å². The molecule has 1 unspecified atom stereocenters. The van der Waals surface area contributed by atoms with Crippen molar-refractivity contribution in [1.82, 2.24) is 5.32 Å². The molecule has 1 amide bonds.